The van der Waals surface area contributed by atoms with Crippen molar-refractivity contribution in [2.45, 2.75) is 0 Å². The number of thiophene rings is 1. The molecule has 0 saturated heterocycles. The van der Waals surface area contributed by atoms with Gasteiger partial charge in [-0.25, -0.2) is 9.79 Å². The molecule has 0 radical (unpaired) electrons. The van der Waals surface area contributed by atoms with Crippen molar-refractivity contribution < 1.29 is 9.53 Å². The Labute approximate surface area is 162 Å². The van der Waals surface area contributed by atoms with Crippen LogP contribution < -0.4 is 0 Å². The number of hydrogen-bond acceptors (Lipinski definition) is 4. The van der Waals surface area contributed by atoms with Crippen molar-refractivity contribution in [2.24, 2.45) is 4.99 Å². The van der Waals surface area contributed by atoms with E-state index in [1.165, 1.54) is 11.3 Å². The summed E-state index contributed by atoms with van der Waals surface area (Å²) in [6.45, 7) is 0. The number of esters is 1. The molecule has 25 heavy (non-hydrogen) atoms. The average Bonchev–Trinajstić information content (AvgIpc) is 3.09. The minimum Gasteiger partial charge on any atom is -0.401 e. The summed E-state index contributed by atoms with van der Waals surface area (Å²) in [5.74, 6) is -0.345. The van der Waals surface area contributed by atoms with Crippen LogP contribution in [0.15, 0.2) is 53.2 Å². The number of rotatable bonds is 2. The fourth-order valence-electron chi connectivity index (χ4n) is 2.46. The van der Waals surface area contributed by atoms with Gasteiger partial charge in [0, 0.05) is 15.1 Å². The number of hydrogen-bond donors (Lipinski definition) is 0. The lowest BCUT2D eigenvalue weighted by Crippen LogP contribution is -2.04. The highest BCUT2D eigenvalue weighted by atomic mass is 35.5. The fraction of sp³-hybridized carbons (Fsp3) is 0. The van der Waals surface area contributed by atoms with Crippen molar-refractivity contribution in [1.82, 2.24) is 0 Å². The molecular weight excluding hydrogens is 401 g/mol. The molecule has 0 spiro atoms. The quantitative estimate of drug-likeness (QED) is 0.374. The second kappa shape index (κ2) is 6.46. The number of ether oxygens (including phenoxy) is 1. The van der Waals surface area contributed by atoms with Crippen LogP contribution in [0, 0.1) is 0 Å². The van der Waals surface area contributed by atoms with Gasteiger partial charge in [0.15, 0.2) is 5.70 Å². The molecule has 7 heteroatoms. The summed E-state index contributed by atoms with van der Waals surface area (Å²) in [5, 5.41) is 2.03. The van der Waals surface area contributed by atoms with Gasteiger partial charge in [0.25, 0.3) is 0 Å². The monoisotopic (exact) mass is 407 g/mol. The van der Waals surface area contributed by atoms with Crippen LogP contribution in [0.5, 0.6) is 0 Å². The van der Waals surface area contributed by atoms with E-state index < -0.39 is 5.97 Å². The zero-order valence-corrected chi connectivity index (χ0v) is 15.5. The third-order valence-electron chi connectivity index (χ3n) is 3.57. The zero-order valence-electron chi connectivity index (χ0n) is 12.4. The molecule has 0 aliphatic carbocycles. The molecule has 124 valence electrons. The third kappa shape index (κ3) is 3.07. The van der Waals surface area contributed by atoms with Crippen molar-refractivity contribution in [3.8, 4) is 0 Å². The number of carbonyl (C=O) groups is 1. The Balaban J connectivity index is 1.80. The Morgan fingerprint density at radius 3 is 2.60 bits per heavy atom. The maximum atomic E-state index is 12.1. The first-order valence-electron chi connectivity index (χ1n) is 7.18. The van der Waals surface area contributed by atoms with Crippen LogP contribution in [0.2, 0.25) is 15.1 Å². The van der Waals surface area contributed by atoms with Gasteiger partial charge in [0.1, 0.15) is 4.88 Å². The zero-order chi connectivity index (χ0) is 17.6. The van der Waals surface area contributed by atoms with E-state index in [0.29, 0.717) is 25.3 Å². The van der Waals surface area contributed by atoms with Crippen LogP contribution in [0.3, 0.4) is 0 Å². The lowest BCUT2D eigenvalue weighted by atomic mass is 10.2. The standard InChI is InChI=1S/C18H8Cl3NO2S/c19-10-7-11(20)14-13(8-10)25-16(15(14)21)17-22-12(18(23)24-17)6-9-4-2-1-3-5-9/h1-8H/b12-6-. The van der Waals surface area contributed by atoms with Gasteiger partial charge >= 0.3 is 5.97 Å². The lowest BCUT2D eigenvalue weighted by molar-refractivity contribution is -0.129. The molecule has 2 heterocycles. The van der Waals surface area contributed by atoms with Crippen LogP contribution in [0.1, 0.15) is 10.4 Å². The summed E-state index contributed by atoms with van der Waals surface area (Å²) < 4.78 is 6.11. The molecule has 1 aliphatic heterocycles. The Hall–Kier alpha value is -1.85. The summed E-state index contributed by atoms with van der Waals surface area (Å²) in [5.41, 5.74) is 1.08. The smallest absolute Gasteiger partial charge is 0.363 e. The van der Waals surface area contributed by atoms with Gasteiger partial charge in [-0.05, 0) is 23.8 Å². The van der Waals surface area contributed by atoms with Crippen LogP contribution in [-0.2, 0) is 9.53 Å². The second-order valence-electron chi connectivity index (χ2n) is 5.25. The van der Waals surface area contributed by atoms with Crippen molar-refractivity contribution >= 4 is 74.2 Å². The maximum absolute atomic E-state index is 12.1. The lowest BCUT2D eigenvalue weighted by Gasteiger charge is -1.97. The van der Waals surface area contributed by atoms with E-state index in [0.717, 1.165) is 10.3 Å². The van der Waals surface area contributed by atoms with Gasteiger partial charge in [-0.1, -0.05) is 65.1 Å². The normalized spacial score (nSPS) is 15.7. The first-order valence-corrected chi connectivity index (χ1v) is 9.13. The van der Waals surface area contributed by atoms with E-state index in [1.807, 2.05) is 30.3 Å². The van der Waals surface area contributed by atoms with Crippen LogP contribution in [0.4, 0.5) is 0 Å². The second-order valence-corrected chi connectivity index (χ2v) is 7.53. The molecule has 0 bridgehead atoms. The predicted molar refractivity (Wildman–Crippen MR) is 104 cm³/mol. The summed E-state index contributed by atoms with van der Waals surface area (Å²) >= 11 is 20.0. The Kier molecular flexibility index (Phi) is 4.29. The van der Waals surface area contributed by atoms with Gasteiger partial charge in [0.2, 0.25) is 5.90 Å². The highest BCUT2D eigenvalue weighted by molar-refractivity contribution is 7.21. The largest absolute Gasteiger partial charge is 0.401 e. The Morgan fingerprint density at radius 2 is 1.84 bits per heavy atom. The molecule has 0 unspecified atom stereocenters. The van der Waals surface area contributed by atoms with Crippen molar-refractivity contribution in [3.05, 3.63) is 73.7 Å². The summed E-state index contributed by atoms with van der Waals surface area (Å²) in [7, 11) is 0. The number of cyclic esters (lactones) is 1. The van der Waals surface area contributed by atoms with Gasteiger partial charge < -0.3 is 4.74 Å². The van der Waals surface area contributed by atoms with E-state index in [9.17, 15) is 4.79 Å². The number of aliphatic imine (C=N–C) groups is 1. The number of nitrogens with zero attached hydrogens (tertiary/aromatic N) is 1. The number of benzene rings is 2. The maximum Gasteiger partial charge on any atom is 0.363 e. The molecule has 3 nitrogen and oxygen atoms in total. The molecule has 0 fully saturated rings. The third-order valence-corrected chi connectivity index (χ3v) is 5.70. The summed E-state index contributed by atoms with van der Waals surface area (Å²) in [6, 6.07) is 12.8. The van der Waals surface area contributed by atoms with Crippen molar-refractivity contribution in [3.63, 3.8) is 0 Å². The molecule has 0 N–H and O–H groups in total. The number of fused-ring (bicyclic) bond motifs is 1. The van der Waals surface area contributed by atoms with E-state index >= 15 is 0 Å². The topological polar surface area (TPSA) is 38.7 Å². The predicted octanol–water partition coefficient (Wildman–Crippen LogP) is 6.21. The molecule has 2 aromatic carbocycles. The molecule has 0 saturated carbocycles. The fourth-order valence-corrected chi connectivity index (χ4v) is 4.76. The van der Waals surface area contributed by atoms with E-state index in [4.69, 9.17) is 39.5 Å². The highest BCUT2D eigenvalue weighted by Crippen LogP contribution is 2.42. The number of carbonyl (C=O) groups excluding carboxylic acids is 1. The SMILES string of the molecule is O=C1OC(c2sc3cc(Cl)cc(Cl)c3c2Cl)=N/C1=C\c1ccccc1. The molecule has 0 atom stereocenters. The summed E-state index contributed by atoms with van der Waals surface area (Å²) in [4.78, 5) is 17.0. The highest BCUT2D eigenvalue weighted by Gasteiger charge is 2.28. The first kappa shape index (κ1) is 16.6. The summed E-state index contributed by atoms with van der Waals surface area (Å²) in [6.07, 6.45) is 1.67. The molecule has 4 rings (SSSR count). The molecular formula is C18H8Cl3NO2S. The van der Waals surface area contributed by atoms with Crippen LogP contribution >= 0.6 is 46.1 Å². The van der Waals surface area contributed by atoms with Crippen LogP contribution in [0.25, 0.3) is 16.2 Å². The van der Waals surface area contributed by atoms with Crippen molar-refractivity contribution in [2.75, 3.05) is 0 Å². The molecule has 1 aromatic heterocycles. The first-order chi connectivity index (χ1) is 12.0. The minimum atomic E-state index is -0.517. The minimum absolute atomic E-state index is 0.172. The van der Waals surface area contributed by atoms with Gasteiger partial charge in [0.05, 0.1) is 10.0 Å². The van der Waals surface area contributed by atoms with Crippen molar-refractivity contribution in [1.29, 1.82) is 0 Å². The number of halogens is 3. The Bertz CT molecular complexity index is 1070. The molecule has 0 amide bonds. The Morgan fingerprint density at radius 1 is 1.08 bits per heavy atom. The molecule has 3 aromatic rings. The van der Waals surface area contributed by atoms with Gasteiger partial charge in [-0.2, -0.15) is 0 Å². The molecule has 1 aliphatic rings. The van der Waals surface area contributed by atoms with E-state index in [-0.39, 0.29) is 11.6 Å². The van der Waals surface area contributed by atoms with E-state index in [2.05, 4.69) is 4.99 Å². The van der Waals surface area contributed by atoms with Gasteiger partial charge in [-0.15, -0.1) is 11.3 Å². The van der Waals surface area contributed by atoms with Crippen LogP contribution in [-0.4, -0.2) is 11.9 Å². The average molecular weight is 409 g/mol. The van der Waals surface area contributed by atoms with Gasteiger partial charge in [-0.3, -0.25) is 0 Å². The van der Waals surface area contributed by atoms with E-state index in [1.54, 1.807) is 18.2 Å².